The number of nitro groups is 1. The minimum Gasteiger partial charge on any atom is -0.481 e. The highest BCUT2D eigenvalue weighted by Gasteiger charge is 2.21. The first-order chi connectivity index (χ1) is 13.6. The number of anilines is 2. The molecule has 1 fully saturated rings. The fourth-order valence-electron chi connectivity index (χ4n) is 3.27. The normalized spacial score (nSPS) is 19.1. The van der Waals surface area contributed by atoms with Crippen molar-refractivity contribution in [3.8, 4) is 5.88 Å². The zero-order valence-corrected chi connectivity index (χ0v) is 15.8. The lowest BCUT2D eigenvalue weighted by Gasteiger charge is -2.26. The van der Waals surface area contributed by atoms with E-state index < -0.39 is 4.92 Å². The molecule has 0 unspecified atom stereocenters. The van der Waals surface area contributed by atoms with E-state index in [0.717, 1.165) is 31.2 Å². The number of hydrogen-bond acceptors (Lipinski definition) is 9. The van der Waals surface area contributed by atoms with Crippen LogP contribution in [0.3, 0.4) is 0 Å². The quantitative estimate of drug-likeness (QED) is 0.459. The van der Waals surface area contributed by atoms with Crippen molar-refractivity contribution in [3.05, 3.63) is 40.2 Å². The maximum atomic E-state index is 11.3. The van der Waals surface area contributed by atoms with Gasteiger partial charge in [0.2, 0.25) is 17.6 Å². The van der Waals surface area contributed by atoms with E-state index in [4.69, 9.17) is 10.5 Å². The summed E-state index contributed by atoms with van der Waals surface area (Å²) in [5, 5.41) is 17.5. The van der Waals surface area contributed by atoms with E-state index in [1.807, 2.05) is 6.07 Å². The summed E-state index contributed by atoms with van der Waals surface area (Å²) < 4.78 is 5.22. The van der Waals surface area contributed by atoms with Gasteiger partial charge in [-0.2, -0.15) is 4.98 Å². The standard InChI is InChI=1S/C18H25N7O3/c1-28-17-13(3-2-8-20-17)10-22-18-23-11-15(25(26)27)16(24-18)21-9-12-4-6-14(19)7-5-12/h2-3,8,11-12,14H,4-7,9-10,19H2,1H3,(H2,21,22,23,24)/t12-,14-. The molecule has 0 radical (unpaired) electrons. The van der Waals surface area contributed by atoms with E-state index in [1.165, 1.54) is 6.20 Å². The Bertz CT molecular complexity index is 810. The van der Waals surface area contributed by atoms with Gasteiger partial charge >= 0.3 is 5.69 Å². The summed E-state index contributed by atoms with van der Waals surface area (Å²) in [6.45, 7) is 1.01. The van der Waals surface area contributed by atoms with E-state index in [9.17, 15) is 10.1 Å². The molecule has 0 aromatic carbocycles. The van der Waals surface area contributed by atoms with Crippen LogP contribution in [0.15, 0.2) is 24.5 Å². The van der Waals surface area contributed by atoms with Crippen LogP contribution in [0.4, 0.5) is 17.5 Å². The largest absolute Gasteiger partial charge is 0.481 e. The summed E-state index contributed by atoms with van der Waals surface area (Å²) in [5.74, 6) is 1.45. The molecule has 28 heavy (non-hydrogen) atoms. The highest BCUT2D eigenvalue weighted by Crippen LogP contribution is 2.26. The fraction of sp³-hybridized carbons (Fsp3) is 0.500. The Kier molecular flexibility index (Phi) is 6.53. The van der Waals surface area contributed by atoms with Crippen molar-refractivity contribution in [1.29, 1.82) is 0 Å². The number of aromatic nitrogens is 3. The number of methoxy groups -OCH3 is 1. The van der Waals surface area contributed by atoms with Crippen molar-refractivity contribution in [2.45, 2.75) is 38.3 Å². The van der Waals surface area contributed by atoms with Crippen molar-refractivity contribution in [2.75, 3.05) is 24.3 Å². The van der Waals surface area contributed by atoms with Gasteiger partial charge in [0.1, 0.15) is 6.20 Å². The van der Waals surface area contributed by atoms with Crippen molar-refractivity contribution in [2.24, 2.45) is 11.7 Å². The minimum absolute atomic E-state index is 0.142. The second kappa shape index (κ2) is 9.27. The average molecular weight is 387 g/mol. The Morgan fingerprint density at radius 3 is 2.79 bits per heavy atom. The SMILES string of the molecule is COc1ncccc1CNc1ncc([N+](=O)[O-])c(NC[C@H]2CC[C@H](N)CC2)n1. The van der Waals surface area contributed by atoms with Gasteiger partial charge in [0.25, 0.3) is 0 Å². The molecule has 2 aromatic heterocycles. The molecule has 150 valence electrons. The molecule has 0 amide bonds. The number of nitrogens with two attached hydrogens (primary N) is 1. The molecule has 0 bridgehead atoms. The zero-order valence-electron chi connectivity index (χ0n) is 15.8. The Balaban J connectivity index is 1.67. The lowest BCUT2D eigenvalue weighted by Crippen LogP contribution is -2.29. The minimum atomic E-state index is -0.479. The van der Waals surface area contributed by atoms with Crippen LogP contribution in [-0.2, 0) is 6.54 Å². The zero-order chi connectivity index (χ0) is 19.9. The number of nitrogens with zero attached hydrogens (tertiary/aromatic N) is 4. The molecule has 1 saturated carbocycles. The summed E-state index contributed by atoms with van der Waals surface area (Å²) >= 11 is 0. The number of nitrogens with one attached hydrogen (secondary N) is 2. The van der Waals surface area contributed by atoms with Crippen molar-refractivity contribution >= 4 is 17.5 Å². The maximum absolute atomic E-state index is 11.3. The van der Waals surface area contributed by atoms with Gasteiger partial charge in [-0.3, -0.25) is 10.1 Å². The number of pyridine rings is 1. The summed E-state index contributed by atoms with van der Waals surface area (Å²) in [6.07, 6.45) is 6.85. The maximum Gasteiger partial charge on any atom is 0.329 e. The van der Waals surface area contributed by atoms with E-state index >= 15 is 0 Å². The molecule has 1 aliphatic rings. The third-order valence-electron chi connectivity index (χ3n) is 4.90. The van der Waals surface area contributed by atoms with Gasteiger partial charge in [-0.25, -0.2) is 9.97 Å². The second-order valence-electron chi connectivity index (χ2n) is 6.87. The van der Waals surface area contributed by atoms with Crippen molar-refractivity contribution in [1.82, 2.24) is 15.0 Å². The lowest BCUT2D eigenvalue weighted by molar-refractivity contribution is -0.384. The summed E-state index contributed by atoms with van der Waals surface area (Å²) in [7, 11) is 1.55. The first kappa shape index (κ1) is 19.7. The average Bonchev–Trinajstić information content (AvgIpc) is 2.72. The Morgan fingerprint density at radius 1 is 1.29 bits per heavy atom. The lowest BCUT2D eigenvalue weighted by atomic mass is 9.86. The third-order valence-corrected chi connectivity index (χ3v) is 4.90. The van der Waals surface area contributed by atoms with Gasteiger partial charge in [-0.1, -0.05) is 6.07 Å². The van der Waals surface area contributed by atoms with E-state index in [-0.39, 0.29) is 17.5 Å². The van der Waals surface area contributed by atoms with Gasteiger partial charge in [0, 0.05) is 30.9 Å². The molecule has 0 spiro atoms. The topological polar surface area (TPSA) is 141 Å². The third kappa shape index (κ3) is 5.03. The Hall–Kier alpha value is -3.01. The highest BCUT2D eigenvalue weighted by molar-refractivity contribution is 5.57. The Labute approximate surface area is 163 Å². The summed E-state index contributed by atoms with van der Waals surface area (Å²) in [5.41, 5.74) is 6.63. The molecule has 3 rings (SSSR count). The monoisotopic (exact) mass is 387 g/mol. The van der Waals surface area contributed by atoms with Gasteiger partial charge in [0.15, 0.2) is 0 Å². The van der Waals surface area contributed by atoms with Gasteiger partial charge in [0.05, 0.1) is 12.0 Å². The molecule has 4 N–H and O–H groups in total. The molecule has 0 aliphatic heterocycles. The summed E-state index contributed by atoms with van der Waals surface area (Å²) in [6, 6.07) is 3.95. The molecule has 10 heteroatoms. The van der Waals surface area contributed by atoms with Crippen LogP contribution in [0.25, 0.3) is 0 Å². The molecule has 0 saturated heterocycles. The Morgan fingerprint density at radius 2 is 2.07 bits per heavy atom. The van der Waals surface area contributed by atoms with Crippen molar-refractivity contribution < 1.29 is 9.66 Å². The number of hydrogen-bond donors (Lipinski definition) is 3. The first-order valence-electron chi connectivity index (χ1n) is 9.29. The van der Waals surface area contributed by atoms with Crippen LogP contribution in [0.5, 0.6) is 5.88 Å². The van der Waals surface area contributed by atoms with Crippen LogP contribution >= 0.6 is 0 Å². The molecular formula is C18H25N7O3. The van der Waals surface area contributed by atoms with E-state index in [1.54, 1.807) is 19.4 Å². The van der Waals surface area contributed by atoms with Gasteiger partial charge < -0.3 is 21.1 Å². The van der Waals surface area contributed by atoms with Crippen molar-refractivity contribution in [3.63, 3.8) is 0 Å². The molecule has 2 aromatic rings. The number of ether oxygens (including phenoxy) is 1. The molecule has 2 heterocycles. The van der Waals surface area contributed by atoms with Crippen LogP contribution in [0.2, 0.25) is 0 Å². The van der Waals surface area contributed by atoms with Crippen LogP contribution in [0.1, 0.15) is 31.2 Å². The van der Waals surface area contributed by atoms with Crippen LogP contribution in [0, 0.1) is 16.0 Å². The molecule has 1 aliphatic carbocycles. The molecule has 10 nitrogen and oxygen atoms in total. The first-order valence-corrected chi connectivity index (χ1v) is 9.29. The fourth-order valence-corrected chi connectivity index (χ4v) is 3.27. The molecule has 0 atom stereocenters. The predicted molar refractivity (Wildman–Crippen MR) is 105 cm³/mol. The smallest absolute Gasteiger partial charge is 0.329 e. The predicted octanol–water partition coefficient (Wildman–Crippen LogP) is 2.33. The van der Waals surface area contributed by atoms with Crippen LogP contribution in [-0.4, -0.2) is 39.6 Å². The highest BCUT2D eigenvalue weighted by atomic mass is 16.6. The van der Waals surface area contributed by atoms with Crippen LogP contribution < -0.4 is 21.1 Å². The van der Waals surface area contributed by atoms with Gasteiger partial charge in [-0.15, -0.1) is 0 Å². The second-order valence-corrected chi connectivity index (χ2v) is 6.87. The summed E-state index contributed by atoms with van der Waals surface area (Å²) in [4.78, 5) is 23.3. The van der Waals surface area contributed by atoms with E-state index in [2.05, 4.69) is 25.6 Å². The van der Waals surface area contributed by atoms with E-state index in [0.29, 0.717) is 30.8 Å². The van der Waals surface area contributed by atoms with Gasteiger partial charge in [-0.05, 0) is 37.7 Å². The number of rotatable bonds is 8. The molecular weight excluding hydrogens is 362 g/mol.